The molecule has 0 aromatic heterocycles. The number of amides is 2. The topological polar surface area (TPSA) is 107 Å². The summed E-state index contributed by atoms with van der Waals surface area (Å²) in [7, 11) is 3.30. The molecule has 5 aliphatic rings. The van der Waals surface area contributed by atoms with Gasteiger partial charge in [0.15, 0.2) is 0 Å². The van der Waals surface area contributed by atoms with E-state index in [0.29, 0.717) is 31.3 Å². The molecule has 0 bridgehead atoms. The van der Waals surface area contributed by atoms with Crippen LogP contribution in [0.25, 0.3) is 0 Å². The lowest BCUT2D eigenvalue weighted by Gasteiger charge is -2.58. The molecule has 69 heavy (non-hydrogen) atoms. The number of allylic oxidation sites excluding steroid dienone is 1. The zero-order valence-corrected chi connectivity index (χ0v) is 43.1. The first-order valence-electron chi connectivity index (χ1n) is 26.9. The average molecular weight is 945 g/mol. The van der Waals surface area contributed by atoms with Crippen molar-refractivity contribution in [3.05, 3.63) is 107 Å². The summed E-state index contributed by atoms with van der Waals surface area (Å²) >= 11 is 0. The Morgan fingerprint density at radius 1 is 0.783 bits per heavy atom. The summed E-state index contributed by atoms with van der Waals surface area (Å²) in [6, 6.07) is 25.9. The van der Waals surface area contributed by atoms with E-state index in [4.69, 9.17) is 18.9 Å². The van der Waals surface area contributed by atoms with Gasteiger partial charge in [-0.2, -0.15) is 0 Å². The highest BCUT2D eigenvalue weighted by Gasteiger charge is 2.59. The molecular weight excluding hydrogens is 861 g/mol. The summed E-state index contributed by atoms with van der Waals surface area (Å²) in [4.78, 5) is 28.3. The molecule has 1 heterocycles. The number of ether oxygens (including phenoxy) is 4. The van der Waals surface area contributed by atoms with Crippen LogP contribution in [-0.2, 0) is 19.9 Å². The Labute approximate surface area is 414 Å². The molecule has 1 aliphatic heterocycles. The summed E-state index contributed by atoms with van der Waals surface area (Å²) in [6.45, 7) is 14.0. The zero-order valence-electron chi connectivity index (χ0n) is 43.1. The number of alkyl carbamates (subject to hydrolysis) is 1. The van der Waals surface area contributed by atoms with Crippen LogP contribution in [0.3, 0.4) is 0 Å². The summed E-state index contributed by atoms with van der Waals surface area (Å²) in [5.41, 5.74) is 4.04. The molecule has 9 heteroatoms. The van der Waals surface area contributed by atoms with Gasteiger partial charge < -0.3 is 34.3 Å². The van der Waals surface area contributed by atoms with Crippen molar-refractivity contribution in [2.75, 3.05) is 40.5 Å². The molecule has 9 nitrogen and oxygen atoms in total. The molecule has 3 aromatic rings. The van der Waals surface area contributed by atoms with E-state index in [1.807, 2.05) is 66.7 Å². The van der Waals surface area contributed by atoms with Gasteiger partial charge in [-0.15, -0.1) is 0 Å². The van der Waals surface area contributed by atoms with Crippen LogP contribution in [0.15, 0.2) is 90.5 Å². The average Bonchev–Trinajstić information content (AvgIpc) is 3.92. The summed E-state index contributed by atoms with van der Waals surface area (Å²) in [6.07, 6.45) is 18.0. The molecule has 1 saturated heterocycles. The van der Waals surface area contributed by atoms with Gasteiger partial charge in [-0.25, -0.2) is 4.79 Å². The molecule has 2 N–H and O–H groups in total. The summed E-state index contributed by atoms with van der Waals surface area (Å²) in [5.74, 6) is 6.14. The Morgan fingerprint density at radius 2 is 1.46 bits per heavy atom. The first-order chi connectivity index (χ1) is 33.3. The Balaban J connectivity index is 0.774. The Bertz CT molecular complexity index is 2130. The number of carbonyl (C=O) groups is 2. The van der Waals surface area contributed by atoms with Gasteiger partial charge in [0.1, 0.15) is 23.2 Å². The molecule has 3 aromatic carbocycles. The van der Waals surface area contributed by atoms with Crippen LogP contribution >= 0.6 is 0 Å². The summed E-state index contributed by atoms with van der Waals surface area (Å²) in [5, 5.41) is 14.3. The maximum absolute atomic E-state index is 13.5. The second-order valence-electron chi connectivity index (χ2n) is 22.7. The van der Waals surface area contributed by atoms with Crippen LogP contribution in [0.1, 0.15) is 148 Å². The fraction of sp³-hybridized carbons (Fsp3) is 0.633. The van der Waals surface area contributed by atoms with Crippen LogP contribution in [0, 0.1) is 52.3 Å². The van der Waals surface area contributed by atoms with Gasteiger partial charge in [0.05, 0.1) is 26.9 Å². The van der Waals surface area contributed by atoms with Gasteiger partial charge >= 0.3 is 6.09 Å². The number of carbonyl (C=O) groups excluding carboxylic acids is 2. The normalized spacial score (nSPS) is 29.1. The monoisotopic (exact) mass is 945 g/mol. The number of benzene rings is 3. The fourth-order valence-electron chi connectivity index (χ4n) is 14.4. The molecule has 0 spiro atoms. The van der Waals surface area contributed by atoms with E-state index in [1.54, 1.807) is 24.7 Å². The number of aliphatic hydroxyl groups excluding tert-OH is 1. The summed E-state index contributed by atoms with van der Waals surface area (Å²) < 4.78 is 24.1. The lowest BCUT2D eigenvalue weighted by molar-refractivity contribution is -0.130. The first kappa shape index (κ1) is 51.0. The molecule has 10 atom stereocenters. The highest BCUT2D eigenvalue weighted by atomic mass is 16.6. The molecule has 2 amide bonds. The van der Waals surface area contributed by atoms with Gasteiger partial charge in [-0.05, 0) is 145 Å². The predicted molar refractivity (Wildman–Crippen MR) is 274 cm³/mol. The number of fused-ring (bicyclic) bond motifs is 5. The van der Waals surface area contributed by atoms with Crippen molar-refractivity contribution < 1.29 is 33.6 Å². The van der Waals surface area contributed by atoms with Crippen molar-refractivity contribution in [2.45, 2.75) is 149 Å². The zero-order chi connectivity index (χ0) is 48.8. The Morgan fingerprint density at radius 3 is 2.13 bits per heavy atom. The number of rotatable bonds is 20. The molecular formula is C60H84N2O7. The van der Waals surface area contributed by atoms with Gasteiger partial charge in [-0.1, -0.05) is 127 Å². The number of likely N-dealkylation sites (tertiary alicyclic amines) is 1. The van der Waals surface area contributed by atoms with E-state index < -0.39 is 11.7 Å². The highest BCUT2D eigenvalue weighted by Crippen LogP contribution is 2.67. The van der Waals surface area contributed by atoms with Gasteiger partial charge in [0, 0.05) is 38.4 Å². The Kier molecular flexibility index (Phi) is 16.6. The molecule has 4 fully saturated rings. The van der Waals surface area contributed by atoms with Crippen molar-refractivity contribution >= 4 is 12.0 Å². The molecule has 0 radical (unpaired) electrons. The first-order valence-corrected chi connectivity index (χ1v) is 26.9. The third kappa shape index (κ3) is 11.0. The van der Waals surface area contributed by atoms with E-state index >= 15 is 0 Å². The number of unbranched alkanes of at least 4 members (excludes halogenated alkanes) is 2. The second kappa shape index (κ2) is 22.4. The minimum Gasteiger partial charge on any atom is -0.497 e. The number of nitrogens with zero attached hydrogens (tertiary/aromatic N) is 1. The number of nitrogens with one attached hydrogen (secondary N) is 1. The van der Waals surface area contributed by atoms with Crippen molar-refractivity contribution in [3.63, 3.8) is 0 Å². The number of β-amino-alcohol motifs (C(OH)–C–C–N with tert-alkyl or cyclic N) is 1. The van der Waals surface area contributed by atoms with Crippen LogP contribution in [-0.4, -0.2) is 74.7 Å². The second-order valence-corrected chi connectivity index (χ2v) is 22.7. The lowest BCUT2D eigenvalue weighted by atomic mass is 9.47. The minimum atomic E-state index is -1.00. The van der Waals surface area contributed by atoms with Gasteiger partial charge in [0.25, 0.3) is 0 Å². The van der Waals surface area contributed by atoms with Crippen molar-refractivity contribution in [1.82, 2.24) is 10.2 Å². The molecule has 4 aliphatic carbocycles. The molecule has 3 saturated carbocycles. The third-order valence-electron chi connectivity index (χ3n) is 18.3. The predicted octanol–water partition coefficient (Wildman–Crippen LogP) is 12.5. The molecule has 376 valence electrons. The van der Waals surface area contributed by atoms with Crippen molar-refractivity contribution in [1.29, 1.82) is 0 Å². The Hall–Kier alpha value is -4.34. The maximum atomic E-state index is 13.5. The van der Waals surface area contributed by atoms with Crippen LogP contribution in [0.5, 0.6) is 11.5 Å². The quantitative estimate of drug-likeness (QED) is 0.0660. The van der Waals surface area contributed by atoms with E-state index in [2.05, 4.69) is 58.1 Å². The standard InChI is InChI=1S/C60H84N2O7/c1-41(2)15-14-16-42(3)52-30-31-53-51-29-24-47-37-50(32-34-58(47,4)54(51)33-35-59(52,53)5)69-57(65)61-36-13-9-12-19-56(64)62-38-43(55(63)39-62)40-68-60(44-17-10-8-11-18-44,45-20-25-48(66-6)26-21-45)46-22-27-49(67-7)28-23-46/h8,10-11,17-18,20-28,41-43,50-55,63H,9,12-16,19,29-40H2,1-7H3,(H,61,65)/t42-,43?,50-,51?,52?,53?,54?,55?,58-,59+/m0/s1. The number of aliphatic hydroxyl groups is 1. The highest BCUT2D eigenvalue weighted by molar-refractivity contribution is 5.76. The smallest absolute Gasteiger partial charge is 0.407 e. The van der Waals surface area contributed by atoms with E-state index in [-0.39, 0.29) is 42.6 Å². The SMILES string of the molecule is COc1ccc(C(OCC2CN(C(=O)CCCCCNC(=O)O[C@H]3CC[C@@]4(C)C(=CCC5C6CCC([C@@H](C)CCCC(C)C)[C@@]6(C)CCC54)C3)CC2O)(c2ccccc2)c2ccc(OC)cc2)cc1. The van der Waals surface area contributed by atoms with Crippen LogP contribution in [0.2, 0.25) is 0 Å². The third-order valence-corrected chi connectivity index (χ3v) is 18.3. The fourth-order valence-corrected chi connectivity index (χ4v) is 14.4. The lowest BCUT2D eigenvalue weighted by Crippen LogP contribution is -2.51. The number of hydrogen-bond acceptors (Lipinski definition) is 7. The molecule has 6 unspecified atom stereocenters. The van der Waals surface area contributed by atoms with Crippen molar-refractivity contribution in [3.8, 4) is 11.5 Å². The maximum Gasteiger partial charge on any atom is 0.407 e. The van der Waals surface area contributed by atoms with E-state index in [0.717, 1.165) is 95.8 Å². The molecule has 8 rings (SSSR count). The largest absolute Gasteiger partial charge is 0.497 e. The van der Waals surface area contributed by atoms with Crippen LogP contribution < -0.4 is 14.8 Å². The van der Waals surface area contributed by atoms with Gasteiger partial charge in [-0.3, -0.25) is 4.79 Å². The van der Waals surface area contributed by atoms with Gasteiger partial charge in [0.2, 0.25) is 5.91 Å². The van der Waals surface area contributed by atoms with Crippen LogP contribution in [0.4, 0.5) is 4.79 Å². The minimum absolute atomic E-state index is 0.0352. The van der Waals surface area contributed by atoms with E-state index in [1.165, 1.54) is 51.4 Å². The number of methoxy groups -OCH3 is 2. The van der Waals surface area contributed by atoms with E-state index in [9.17, 15) is 14.7 Å². The van der Waals surface area contributed by atoms with Crippen molar-refractivity contribution in [2.24, 2.45) is 52.3 Å². The number of hydrogen-bond donors (Lipinski definition) is 2.